The highest BCUT2D eigenvalue weighted by Crippen LogP contribution is 2.76. The normalized spacial score (nSPS) is 44.6. The molecule has 0 bridgehead atoms. The number of carbonyl (C=O) groups excluding carboxylic acids is 1. The molecule has 43 heavy (non-hydrogen) atoms. The maximum absolute atomic E-state index is 15.1. The molecule has 0 aliphatic heterocycles. The molecule has 0 amide bonds. The predicted molar refractivity (Wildman–Crippen MR) is 171 cm³/mol. The van der Waals surface area contributed by atoms with Crippen LogP contribution in [0.1, 0.15) is 115 Å². The van der Waals surface area contributed by atoms with Gasteiger partial charge in [0.05, 0.1) is 24.2 Å². The van der Waals surface area contributed by atoms with Gasteiger partial charge < -0.3 is 15.6 Å². The topological polar surface area (TPSA) is 72.5 Å². The lowest BCUT2D eigenvalue weighted by Gasteiger charge is -2.72. The van der Waals surface area contributed by atoms with Gasteiger partial charge in [0.15, 0.2) is 0 Å². The summed E-state index contributed by atoms with van der Waals surface area (Å²) in [6.45, 7) is 14.5. The Morgan fingerprint density at radius 3 is 2.42 bits per heavy atom. The number of ether oxygens (including phenoxy) is 1. The number of alkyl halides is 1. The Morgan fingerprint density at radius 1 is 1.05 bits per heavy atom. The van der Waals surface area contributed by atoms with Crippen molar-refractivity contribution in [1.82, 2.24) is 0 Å². The van der Waals surface area contributed by atoms with E-state index in [4.69, 9.17) is 22.1 Å². The number of aliphatic hydroxyl groups is 1. The molecule has 6 rings (SSSR count). The Hall–Kier alpha value is -1.43. The van der Waals surface area contributed by atoms with Gasteiger partial charge in [-0.25, -0.2) is 9.18 Å². The third kappa shape index (κ3) is 4.22. The lowest BCUT2D eigenvalue weighted by atomic mass is 9.33. The zero-order chi connectivity index (χ0) is 31.4. The highest BCUT2D eigenvalue weighted by atomic mass is 35.5. The highest BCUT2D eigenvalue weighted by molar-refractivity contribution is 6.24. The van der Waals surface area contributed by atoms with Gasteiger partial charge in [-0.3, -0.25) is 0 Å². The lowest BCUT2D eigenvalue weighted by molar-refractivity contribution is -0.219. The van der Waals surface area contributed by atoms with Gasteiger partial charge in [-0.05, 0) is 139 Å². The number of benzene rings is 1. The summed E-state index contributed by atoms with van der Waals surface area (Å²) in [6.07, 6.45) is 12.3. The van der Waals surface area contributed by atoms with Gasteiger partial charge in [-0.15, -0.1) is 11.6 Å². The zero-order valence-corrected chi connectivity index (χ0v) is 28.1. The molecule has 4 saturated carbocycles. The zero-order valence-electron chi connectivity index (χ0n) is 27.4. The van der Waals surface area contributed by atoms with E-state index in [-0.39, 0.29) is 45.3 Å². The fourth-order valence-corrected chi connectivity index (χ4v) is 12.7. The standard InChI is InChI=1S/C37H53ClFNO3/c1-32(2)24(22-8-9-23(27(39)20-22)31(42)43-7)12-15-33(3)28(32)14-16-35(5)29(33)11-10-25-30-26(36(6,38)21-41)13-17-37(30,40)19-18-34(25,35)4/h8-9,12,20,25-26,28-30,41H,10-11,13-19,21,40H2,1-7H3/t25-,26-,28+,29-,30+,33+,34-,35-,36?,37+/m1/s1. The number of methoxy groups -OCH3 is 1. The highest BCUT2D eigenvalue weighted by Gasteiger charge is 2.70. The minimum Gasteiger partial charge on any atom is -0.465 e. The first-order valence-corrected chi connectivity index (χ1v) is 17.1. The molecule has 1 unspecified atom stereocenters. The molecule has 10 atom stereocenters. The predicted octanol–water partition coefficient (Wildman–Crippen LogP) is 8.39. The van der Waals surface area contributed by atoms with Crippen molar-refractivity contribution in [2.45, 2.75) is 110 Å². The number of nitrogens with two attached hydrogens (primary N) is 1. The van der Waals surface area contributed by atoms with Crippen molar-refractivity contribution < 1.29 is 19.0 Å². The largest absolute Gasteiger partial charge is 0.465 e. The molecule has 238 valence electrons. The Kier molecular flexibility index (Phi) is 7.36. The summed E-state index contributed by atoms with van der Waals surface area (Å²) in [5, 5.41) is 10.3. The van der Waals surface area contributed by atoms with E-state index in [1.165, 1.54) is 44.4 Å². The quantitative estimate of drug-likeness (QED) is 0.264. The first kappa shape index (κ1) is 31.5. The second-order valence-corrected chi connectivity index (χ2v) is 17.6. The van der Waals surface area contributed by atoms with Gasteiger partial charge in [-0.1, -0.05) is 46.8 Å². The molecule has 4 nitrogen and oxygen atoms in total. The number of allylic oxidation sites excluding steroid dienone is 2. The van der Waals surface area contributed by atoms with Crippen LogP contribution in [0.3, 0.4) is 0 Å². The number of esters is 1. The van der Waals surface area contributed by atoms with E-state index in [2.05, 4.69) is 40.7 Å². The second-order valence-electron chi connectivity index (χ2n) is 16.7. The van der Waals surface area contributed by atoms with Gasteiger partial charge >= 0.3 is 5.97 Å². The van der Waals surface area contributed by atoms with E-state index >= 15 is 4.39 Å². The maximum atomic E-state index is 15.1. The van der Waals surface area contributed by atoms with E-state index in [1.54, 1.807) is 6.07 Å². The van der Waals surface area contributed by atoms with Crippen molar-refractivity contribution in [3.63, 3.8) is 0 Å². The van der Waals surface area contributed by atoms with Gasteiger partial charge in [0, 0.05) is 5.54 Å². The third-order valence-corrected chi connectivity index (χ3v) is 15.2. The number of aliphatic hydroxyl groups excluding tert-OH is 1. The summed E-state index contributed by atoms with van der Waals surface area (Å²) in [5.74, 6) is 0.995. The summed E-state index contributed by atoms with van der Waals surface area (Å²) in [7, 11) is 1.28. The molecule has 5 aliphatic carbocycles. The van der Waals surface area contributed by atoms with Crippen LogP contribution in [0.5, 0.6) is 0 Å². The Balaban J connectivity index is 1.35. The summed E-state index contributed by atoms with van der Waals surface area (Å²) in [4.78, 5) is 11.4. The molecule has 1 aromatic carbocycles. The van der Waals surface area contributed by atoms with E-state index in [1.807, 2.05) is 13.0 Å². The first-order valence-electron chi connectivity index (χ1n) is 16.7. The van der Waals surface area contributed by atoms with Gasteiger partial charge in [0.2, 0.25) is 0 Å². The molecule has 0 heterocycles. The van der Waals surface area contributed by atoms with Crippen LogP contribution in [0.2, 0.25) is 0 Å². The number of carbonyl (C=O) groups is 1. The fraction of sp³-hybridized carbons (Fsp3) is 0.757. The van der Waals surface area contributed by atoms with Crippen LogP contribution in [0, 0.1) is 57.1 Å². The van der Waals surface area contributed by atoms with Crippen molar-refractivity contribution in [3.05, 3.63) is 41.2 Å². The fourth-order valence-electron chi connectivity index (χ4n) is 12.5. The van der Waals surface area contributed by atoms with Crippen molar-refractivity contribution in [2.75, 3.05) is 13.7 Å². The number of halogens is 2. The van der Waals surface area contributed by atoms with E-state index in [0.717, 1.165) is 37.7 Å². The number of fused-ring (bicyclic) bond motifs is 7. The number of rotatable bonds is 4. The summed E-state index contributed by atoms with van der Waals surface area (Å²) < 4.78 is 19.8. The molecular formula is C37H53ClFNO3. The van der Waals surface area contributed by atoms with Crippen LogP contribution in [0.25, 0.3) is 5.57 Å². The van der Waals surface area contributed by atoms with Crippen molar-refractivity contribution in [2.24, 2.45) is 57.0 Å². The minimum atomic E-state index is -0.644. The SMILES string of the molecule is COC(=O)c1ccc(C2=CC[C@]3(C)[C@H]4CC[C@@H]5[C@H]6[C@H](C(C)(Cl)CO)CC[C@]6(N)CC[C@@]5(C)[C@]4(C)CC[C@H]3C2(C)C)cc1F. The van der Waals surface area contributed by atoms with Gasteiger partial charge in [0.1, 0.15) is 5.82 Å². The van der Waals surface area contributed by atoms with Crippen LogP contribution < -0.4 is 5.73 Å². The molecule has 0 aromatic heterocycles. The molecular weight excluding hydrogens is 561 g/mol. The summed E-state index contributed by atoms with van der Waals surface area (Å²) in [6, 6.07) is 4.99. The minimum absolute atomic E-state index is 0.00601. The smallest absolute Gasteiger partial charge is 0.340 e. The monoisotopic (exact) mass is 613 g/mol. The van der Waals surface area contributed by atoms with E-state index < -0.39 is 16.7 Å². The number of hydrogen-bond donors (Lipinski definition) is 2. The Bertz CT molecular complexity index is 1340. The second kappa shape index (κ2) is 10.0. The first-order chi connectivity index (χ1) is 20.0. The maximum Gasteiger partial charge on any atom is 0.340 e. The van der Waals surface area contributed by atoms with Crippen molar-refractivity contribution >= 4 is 23.1 Å². The molecule has 3 N–H and O–H groups in total. The van der Waals surface area contributed by atoms with Crippen LogP contribution in [0.4, 0.5) is 4.39 Å². The Morgan fingerprint density at radius 2 is 1.77 bits per heavy atom. The van der Waals surface area contributed by atoms with Gasteiger partial charge in [-0.2, -0.15) is 0 Å². The lowest BCUT2D eigenvalue weighted by Crippen LogP contribution is -2.68. The van der Waals surface area contributed by atoms with Crippen molar-refractivity contribution in [3.8, 4) is 0 Å². The van der Waals surface area contributed by atoms with Crippen LogP contribution in [0.15, 0.2) is 24.3 Å². The van der Waals surface area contributed by atoms with Crippen LogP contribution in [-0.4, -0.2) is 35.2 Å². The van der Waals surface area contributed by atoms with E-state index in [0.29, 0.717) is 23.7 Å². The summed E-state index contributed by atoms with van der Waals surface area (Å²) >= 11 is 7.05. The molecule has 6 heteroatoms. The molecule has 1 aromatic rings. The van der Waals surface area contributed by atoms with Gasteiger partial charge in [0.25, 0.3) is 0 Å². The number of hydrogen-bond acceptors (Lipinski definition) is 4. The molecule has 0 radical (unpaired) electrons. The third-order valence-electron chi connectivity index (χ3n) is 14.8. The Labute approximate surface area is 263 Å². The van der Waals surface area contributed by atoms with Crippen LogP contribution in [-0.2, 0) is 4.74 Å². The molecule has 0 spiro atoms. The van der Waals surface area contributed by atoms with E-state index in [9.17, 15) is 9.90 Å². The molecule has 0 saturated heterocycles. The summed E-state index contributed by atoms with van der Waals surface area (Å²) in [5.41, 5.74) is 9.49. The molecule has 5 aliphatic rings. The molecule has 4 fully saturated rings. The average molecular weight is 614 g/mol. The average Bonchev–Trinajstić information content (AvgIpc) is 3.31. The van der Waals surface area contributed by atoms with Crippen LogP contribution >= 0.6 is 11.6 Å². The van der Waals surface area contributed by atoms with Crippen molar-refractivity contribution in [1.29, 1.82) is 0 Å².